The second kappa shape index (κ2) is 5.03. The first-order valence-electron chi connectivity index (χ1n) is 5.01. The molecule has 0 spiro atoms. The van der Waals surface area contributed by atoms with Gasteiger partial charge in [0, 0.05) is 12.7 Å². The normalized spacial score (nSPS) is 10.4. The van der Waals surface area contributed by atoms with Crippen LogP contribution in [-0.2, 0) is 12.4 Å². The van der Waals surface area contributed by atoms with E-state index in [1.807, 2.05) is 29.0 Å². The van der Waals surface area contributed by atoms with E-state index in [1.54, 1.807) is 13.4 Å². The molecule has 0 aliphatic rings. The molecule has 0 saturated carbocycles. The summed E-state index contributed by atoms with van der Waals surface area (Å²) in [7, 11) is 1.67. The van der Waals surface area contributed by atoms with E-state index in [9.17, 15) is 0 Å². The fourth-order valence-electron chi connectivity index (χ4n) is 1.54. The van der Waals surface area contributed by atoms with Crippen LogP contribution in [0.25, 0.3) is 0 Å². The summed E-state index contributed by atoms with van der Waals surface area (Å²) in [6, 6.07) is 7.98. The van der Waals surface area contributed by atoms with E-state index in [2.05, 4.69) is 11.1 Å². The summed E-state index contributed by atoms with van der Waals surface area (Å²) in [6.07, 6.45) is 3.74. The molecular weight excluding hydrogens is 224 g/mol. The molecule has 1 aromatic carbocycles. The van der Waals surface area contributed by atoms with E-state index < -0.39 is 0 Å². The van der Waals surface area contributed by atoms with Crippen LogP contribution >= 0.6 is 11.6 Å². The molecule has 0 amide bonds. The molecule has 16 heavy (non-hydrogen) atoms. The number of ether oxygens (including phenoxy) is 1. The smallest absolute Gasteiger partial charge is 0.119 e. The van der Waals surface area contributed by atoms with Gasteiger partial charge in [-0.3, -0.25) is 0 Å². The van der Waals surface area contributed by atoms with Crippen molar-refractivity contribution in [2.45, 2.75) is 12.4 Å². The number of aromatic nitrogens is 2. The van der Waals surface area contributed by atoms with Gasteiger partial charge in [0.2, 0.25) is 0 Å². The third-order valence-corrected chi connectivity index (χ3v) is 2.60. The third-order valence-electron chi connectivity index (χ3n) is 2.32. The van der Waals surface area contributed by atoms with Crippen LogP contribution < -0.4 is 4.74 Å². The van der Waals surface area contributed by atoms with Crippen molar-refractivity contribution in [2.75, 3.05) is 7.11 Å². The zero-order chi connectivity index (χ0) is 11.4. The van der Waals surface area contributed by atoms with Gasteiger partial charge in [-0.1, -0.05) is 12.1 Å². The Bertz CT molecular complexity index is 468. The standard InChI is InChI=1S/C12H13ClN2O/c1-16-12-4-2-3-10(5-12)7-15-8-11(6-13)14-9-15/h2-5,8-9H,6-7H2,1H3. The number of benzene rings is 1. The molecule has 3 nitrogen and oxygen atoms in total. The quantitative estimate of drug-likeness (QED) is 0.764. The van der Waals surface area contributed by atoms with Crippen LogP contribution in [0.4, 0.5) is 0 Å². The molecule has 2 aromatic rings. The van der Waals surface area contributed by atoms with Gasteiger partial charge < -0.3 is 9.30 Å². The van der Waals surface area contributed by atoms with Crippen molar-refractivity contribution in [2.24, 2.45) is 0 Å². The molecule has 1 aromatic heterocycles. The van der Waals surface area contributed by atoms with Crippen molar-refractivity contribution >= 4 is 11.6 Å². The topological polar surface area (TPSA) is 27.1 Å². The Balaban J connectivity index is 2.13. The van der Waals surface area contributed by atoms with Crippen molar-refractivity contribution in [3.8, 4) is 5.75 Å². The fraction of sp³-hybridized carbons (Fsp3) is 0.250. The van der Waals surface area contributed by atoms with Crippen molar-refractivity contribution in [3.05, 3.63) is 48.0 Å². The second-order valence-electron chi connectivity index (χ2n) is 3.52. The maximum absolute atomic E-state index is 5.70. The largest absolute Gasteiger partial charge is 0.497 e. The van der Waals surface area contributed by atoms with Gasteiger partial charge in [-0.25, -0.2) is 4.98 Å². The molecular formula is C12H13ClN2O. The van der Waals surface area contributed by atoms with Gasteiger partial charge in [-0.05, 0) is 17.7 Å². The van der Waals surface area contributed by atoms with E-state index in [-0.39, 0.29) is 0 Å². The highest BCUT2D eigenvalue weighted by Crippen LogP contribution is 2.13. The predicted octanol–water partition coefficient (Wildman–Crippen LogP) is 2.68. The van der Waals surface area contributed by atoms with Gasteiger partial charge in [0.15, 0.2) is 0 Å². The molecule has 0 unspecified atom stereocenters. The molecule has 0 N–H and O–H groups in total. The Morgan fingerprint density at radius 2 is 2.31 bits per heavy atom. The molecule has 0 fully saturated rings. The highest BCUT2D eigenvalue weighted by Gasteiger charge is 1.99. The van der Waals surface area contributed by atoms with Gasteiger partial charge >= 0.3 is 0 Å². The lowest BCUT2D eigenvalue weighted by atomic mass is 10.2. The molecule has 0 saturated heterocycles. The van der Waals surface area contributed by atoms with Crippen molar-refractivity contribution < 1.29 is 4.74 Å². The van der Waals surface area contributed by atoms with Crippen LogP contribution in [0.2, 0.25) is 0 Å². The van der Waals surface area contributed by atoms with Crippen LogP contribution in [0.15, 0.2) is 36.8 Å². The van der Waals surface area contributed by atoms with Gasteiger partial charge in [-0.2, -0.15) is 0 Å². The van der Waals surface area contributed by atoms with Gasteiger partial charge in [0.1, 0.15) is 5.75 Å². The number of hydrogen-bond acceptors (Lipinski definition) is 2. The van der Waals surface area contributed by atoms with E-state index >= 15 is 0 Å². The summed E-state index contributed by atoms with van der Waals surface area (Å²) < 4.78 is 7.18. The number of alkyl halides is 1. The van der Waals surface area contributed by atoms with Gasteiger partial charge in [0.05, 0.1) is 25.0 Å². The zero-order valence-corrected chi connectivity index (χ0v) is 9.81. The van der Waals surface area contributed by atoms with Gasteiger partial charge in [-0.15, -0.1) is 11.6 Å². The number of hydrogen-bond donors (Lipinski definition) is 0. The maximum Gasteiger partial charge on any atom is 0.119 e. The van der Waals surface area contributed by atoms with Crippen molar-refractivity contribution in [1.29, 1.82) is 0 Å². The Labute approximate surface area is 99.6 Å². The lowest BCUT2D eigenvalue weighted by molar-refractivity contribution is 0.414. The molecule has 0 aliphatic heterocycles. The summed E-state index contributed by atoms with van der Waals surface area (Å²) in [4.78, 5) is 4.17. The van der Waals surface area contributed by atoms with Crippen LogP contribution in [0.1, 0.15) is 11.3 Å². The number of methoxy groups -OCH3 is 1. The zero-order valence-electron chi connectivity index (χ0n) is 9.06. The molecule has 2 rings (SSSR count). The van der Waals surface area contributed by atoms with Crippen LogP contribution in [0.3, 0.4) is 0 Å². The number of nitrogens with zero attached hydrogens (tertiary/aromatic N) is 2. The summed E-state index contributed by atoms with van der Waals surface area (Å²) in [5, 5.41) is 0. The lowest BCUT2D eigenvalue weighted by Crippen LogP contribution is -1.96. The number of halogens is 1. The molecule has 0 aliphatic carbocycles. The van der Waals surface area contributed by atoms with E-state index in [0.717, 1.165) is 18.0 Å². The Morgan fingerprint density at radius 1 is 1.44 bits per heavy atom. The lowest BCUT2D eigenvalue weighted by Gasteiger charge is -2.04. The molecule has 4 heteroatoms. The SMILES string of the molecule is COc1cccc(Cn2cnc(CCl)c2)c1. The minimum absolute atomic E-state index is 0.450. The minimum Gasteiger partial charge on any atom is -0.497 e. The van der Waals surface area contributed by atoms with Crippen LogP contribution in [0, 0.1) is 0 Å². The highest BCUT2D eigenvalue weighted by molar-refractivity contribution is 6.16. The summed E-state index contributed by atoms with van der Waals surface area (Å²) in [5.74, 6) is 1.32. The molecule has 84 valence electrons. The van der Waals surface area contributed by atoms with Crippen molar-refractivity contribution in [1.82, 2.24) is 9.55 Å². The average molecular weight is 237 g/mol. The van der Waals surface area contributed by atoms with Crippen molar-refractivity contribution in [3.63, 3.8) is 0 Å². The van der Waals surface area contributed by atoms with Gasteiger partial charge in [0.25, 0.3) is 0 Å². The van der Waals surface area contributed by atoms with E-state index in [4.69, 9.17) is 16.3 Å². The number of rotatable bonds is 4. The summed E-state index contributed by atoms with van der Waals surface area (Å²) >= 11 is 5.70. The van der Waals surface area contributed by atoms with Crippen LogP contribution in [-0.4, -0.2) is 16.7 Å². The molecule has 1 heterocycles. The first-order chi connectivity index (χ1) is 7.81. The first-order valence-corrected chi connectivity index (χ1v) is 5.55. The average Bonchev–Trinajstić information content (AvgIpc) is 2.77. The predicted molar refractivity (Wildman–Crippen MR) is 63.9 cm³/mol. The van der Waals surface area contributed by atoms with E-state index in [0.29, 0.717) is 5.88 Å². The highest BCUT2D eigenvalue weighted by atomic mass is 35.5. The monoisotopic (exact) mass is 236 g/mol. The Hall–Kier alpha value is -1.48. The minimum atomic E-state index is 0.450. The molecule has 0 radical (unpaired) electrons. The summed E-state index contributed by atoms with van der Waals surface area (Å²) in [5.41, 5.74) is 2.07. The van der Waals surface area contributed by atoms with Crippen LogP contribution in [0.5, 0.6) is 5.75 Å². The molecule has 0 bridgehead atoms. The third kappa shape index (κ3) is 2.55. The summed E-state index contributed by atoms with van der Waals surface area (Å²) in [6.45, 7) is 0.779. The van der Waals surface area contributed by atoms with E-state index in [1.165, 1.54) is 5.56 Å². The Morgan fingerprint density at radius 3 is 3.00 bits per heavy atom. The fourth-order valence-corrected chi connectivity index (χ4v) is 1.68. The Kier molecular flexibility index (Phi) is 3.47. The second-order valence-corrected chi connectivity index (χ2v) is 3.79. The first kappa shape index (κ1) is 11.0. The number of imidazole rings is 1. The maximum atomic E-state index is 5.70. The molecule has 0 atom stereocenters.